The van der Waals surface area contributed by atoms with Crippen molar-refractivity contribution >= 4 is 11.2 Å². The van der Waals surface area contributed by atoms with Crippen molar-refractivity contribution in [1.29, 1.82) is 0 Å². The van der Waals surface area contributed by atoms with Crippen LogP contribution < -0.4 is 0 Å². The number of hydrogen-bond acceptors (Lipinski definition) is 1. The molecule has 1 atom stereocenters. The number of halogens is 1. The molecular weight excluding hydrogens is 127 g/mol. The molecule has 0 saturated heterocycles. The van der Waals surface area contributed by atoms with Crippen LogP contribution in [-0.4, -0.2) is 22.2 Å². The zero-order valence-electron chi connectivity index (χ0n) is 5.40. The molecule has 1 nitrogen and oxygen atoms in total. The van der Waals surface area contributed by atoms with Crippen molar-refractivity contribution in [2.45, 2.75) is 18.6 Å². The van der Waals surface area contributed by atoms with Crippen molar-refractivity contribution in [2.24, 2.45) is 0 Å². The molecule has 0 saturated carbocycles. The standard InChI is InChI=1S/C5H11FOS/c1-5(2,4-6)8(3)7/h4H2,1-3H3. The van der Waals surface area contributed by atoms with E-state index >= 15 is 0 Å². The number of alkyl halides is 1. The lowest BCUT2D eigenvalue weighted by atomic mass is 10.2. The largest absolute Gasteiger partial charge is 0.616 e. The summed E-state index contributed by atoms with van der Waals surface area (Å²) in [6.45, 7) is 2.77. The summed E-state index contributed by atoms with van der Waals surface area (Å²) in [6, 6.07) is 0. The number of rotatable bonds is 2. The smallest absolute Gasteiger partial charge is 0.147 e. The predicted octanol–water partition coefficient (Wildman–Crippen LogP) is 1.11. The topological polar surface area (TPSA) is 23.1 Å². The van der Waals surface area contributed by atoms with Crippen LogP contribution in [0.15, 0.2) is 0 Å². The summed E-state index contributed by atoms with van der Waals surface area (Å²) in [5.74, 6) is 0. The Hall–Kier alpha value is 0.240. The summed E-state index contributed by atoms with van der Waals surface area (Å²) in [5.41, 5.74) is 0. The van der Waals surface area contributed by atoms with E-state index in [-0.39, 0.29) is 0 Å². The van der Waals surface area contributed by atoms with E-state index in [0.29, 0.717) is 0 Å². The summed E-state index contributed by atoms with van der Waals surface area (Å²) >= 11 is -1.05. The van der Waals surface area contributed by atoms with Gasteiger partial charge in [0.2, 0.25) is 0 Å². The van der Waals surface area contributed by atoms with E-state index in [1.165, 1.54) is 6.26 Å². The molecule has 50 valence electrons. The molecule has 0 rings (SSSR count). The van der Waals surface area contributed by atoms with Gasteiger partial charge >= 0.3 is 0 Å². The highest BCUT2D eigenvalue weighted by atomic mass is 32.2. The maximum atomic E-state index is 11.8. The first kappa shape index (κ1) is 8.24. The molecule has 0 aliphatic rings. The van der Waals surface area contributed by atoms with Gasteiger partial charge < -0.3 is 4.55 Å². The highest BCUT2D eigenvalue weighted by Gasteiger charge is 2.27. The molecule has 0 radical (unpaired) electrons. The van der Waals surface area contributed by atoms with E-state index in [4.69, 9.17) is 0 Å². The third kappa shape index (κ3) is 2.01. The first-order valence-corrected chi connectivity index (χ1v) is 3.96. The molecule has 0 aliphatic carbocycles. The van der Waals surface area contributed by atoms with Gasteiger partial charge in [-0.05, 0) is 25.0 Å². The quantitative estimate of drug-likeness (QED) is 0.524. The Morgan fingerprint density at radius 2 is 2.00 bits per heavy atom. The van der Waals surface area contributed by atoms with Crippen LogP contribution in [0.1, 0.15) is 13.8 Å². The molecule has 0 aliphatic heterocycles. The monoisotopic (exact) mass is 138 g/mol. The third-order valence-corrected chi connectivity index (χ3v) is 2.77. The van der Waals surface area contributed by atoms with Gasteiger partial charge in [0.15, 0.2) is 0 Å². The summed E-state index contributed by atoms with van der Waals surface area (Å²) in [6.07, 6.45) is 1.51. The van der Waals surface area contributed by atoms with Gasteiger partial charge in [-0.25, -0.2) is 4.39 Å². The molecule has 1 unspecified atom stereocenters. The Kier molecular flexibility index (Phi) is 2.77. The summed E-state index contributed by atoms with van der Waals surface area (Å²) in [7, 11) is 0. The van der Waals surface area contributed by atoms with Gasteiger partial charge in [0.1, 0.15) is 11.4 Å². The molecule has 0 aromatic heterocycles. The van der Waals surface area contributed by atoms with E-state index in [2.05, 4.69) is 0 Å². The highest BCUT2D eigenvalue weighted by molar-refractivity contribution is 7.92. The Balaban J connectivity index is 3.71. The molecule has 0 fully saturated rings. The second-order valence-corrected chi connectivity index (χ2v) is 4.36. The van der Waals surface area contributed by atoms with Crippen LogP contribution in [0.3, 0.4) is 0 Å². The van der Waals surface area contributed by atoms with Crippen LogP contribution in [0.4, 0.5) is 4.39 Å². The second kappa shape index (κ2) is 2.69. The Labute approximate surface area is 52.5 Å². The normalized spacial score (nSPS) is 16.1. The lowest BCUT2D eigenvalue weighted by Gasteiger charge is -2.21. The summed E-state index contributed by atoms with van der Waals surface area (Å²) < 4.78 is 21.7. The molecule has 0 heterocycles. The lowest BCUT2D eigenvalue weighted by molar-refractivity contribution is 0.411. The zero-order valence-corrected chi connectivity index (χ0v) is 6.22. The molecule has 0 bridgehead atoms. The average Bonchev–Trinajstić information content (AvgIpc) is 1.67. The third-order valence-electron chi connectivity index (χ3n) is 1.10. The summed E-state index contributed by atoms with van der Waals surface area (Å²) in [4.78, 5) is 0. The van der Waals surface area contributed by atoms with Crippen molar-refractivity contribution in [1.82, 2.24) is 0 Å². The van der Waals surface area contributed by atoms with Crippen LogP contribution in [0, 0.1) is 0 Å². The van der Waals surface area contributed by atoms with Crippen molar-refractivity contribution in [3.63, 3.8) is 0 Å². The van der Waals surface area contributed by atoms with Gasteiger partial charge in [-0.3, -0.25) is 0 Å². The zero-order chi connectivity index (χ0) is 6.78. The summed E-state index contributed by atoms with van der Waals surface area (Å²) in [5, 5.41) is 0. The van der Waals surface area contributed by atoms with Crippen LogP contribution in [0.5, 0.6) is 0 Å². The molecule has 8 heavy (non-hydrogen) atoms. The Morgan fingerprint density at radius 1 is 1.62 bits per heavy atom. The van der Waals surface area contributed by atoms with Crippen molar-refractivity contribution in [3.8, 4) is 0 Å². The minimum atomic E-state index is -1.05. The predicted molar refractivity (Wildman–Crippen MR) is 34.1 cm³/mol. The molecule has 0 aromatic rings. The van der Waals surface area contributed by atoms with Crippen molar-refractivity contribution in [2.75, 3.05) is 12.9 Å². The molecular formula is C5H11FOS. The maximum absolute atomic E-state index is 11.8. The van der Waals surface area contributed by atoms with E-state index in [1.807, 2.05) is 0 Å². The maximum Gasteiger partial charge on any atom is 0.147 e. The first-order chi connectivity index (χ1) is 3.50. The first-order valence-electron chi connectivity index (χ1n) is 2.40. The Morgan fingerprint density at radius 3 is 2.00 bits per heavy atom. The van der Waals surface area contributed by atoms with Gasteiger partial charge in [-0.1, -0.05) is 0 Å². The SMILES string of the molecule is C[S+]([O-])C(C)(C)CF. The second-order valence-electron chi connectivity index (χ2n) is 2.35. The fourth-order valence-corrected chi connectivity index (χ4v) is 0.230. The van der Waals surface area contributed by atoms with E-state index < -0.39 is 22.6 Å². The molecule has 3 heteroatoms. The van der Waals surface area contributed by atoms with Crippen LogP contribution in [-0.2, 0) is 11.2 Å². The van der Waals surface area contributed by atoms with E-state index in [1.54, 1.807) is 13.8 Å². The molecule has 0 N–H and O–H groups in total. The van der Waals surface area contributed by atoms with E-state index in [9.17, 15) is 8.94 Å². The van der Waals surface area contributed by atoms with Gasteiger partial charge in [0.25, 0.3) is 0 Å². The Bertz CT molecular complexity index is 72.8. The van der Waals surface area contributed by atoms with Gasteiger partial charge in [-0.15, -0.1) is 0 Å². The van der Waals surface area contributed by atoms with Crippen LogP contribution in [0.25, 0.3) is 0 Å². The minimum Gasteiger partial charge on any atom is -0.616 e. The van der Waals surface area contributed by atoms with Crippen LogP contribution in [0.2, 0.25) is 0 Å². The van der Waals surface area contributed by atoms with Gasteiger partial charge in [0.05, 0.1) is 6.26 Å². The molecule has 0 amide bonds. The average molecular weight is 138 g/mol. The van der Waals surface area contributed by atoms with Gasteiger partial charge in [0, 0.05) is 0 Å². The number of hydrogen-bond donors (Lipinski definition) is 0. The minimum absolute atomic E-state index is 0.518. The van der Waals surface area contributed by atoms with Crippen molar-refractivity contribution < 1.29 is 8.94 Å². The highest BCUT2D eigenvalue weighted by Crippen LogP contribution is 2.14. The van der Waals surface area contributed by atoms with E-state index in [0.717, 1.165) is 0 Å². The lowest BCUT2D eigenvalue weighted by Crippen LogP contribution is -2.32. The van der Waals surface area contributed by atoms with Gasteiger partial charge in [-0.2, -0.15) is 0 Å². The molecule has 0 spiro atoms. The van der Waals surface area contributed by atoms with Crippen LogP contribution >= 0.6 is 0 Å². The van der Waals surface area contributed by atoms with Crippen molar-refractivity contribution in [3.05, 3.63) is 0 Å². The fraction of sp³-hybridized carbons (Fsp3) is 1.00. The fourth-order valence-electron chi connectivity index (χ4n) is 0.0768. The molecule has 0 aromatic carbocycles.